The predicted molar refractivity (Wildman–Crippen MR) is 224 cm³/mol. The largest absolute Gasteiger partial charge is 0.313 e. The molecule has 0 saturated heterocycles. The molecule has 0 saturated carbocycles. The van der Waals surface area contributed by atoms with E-state index >= 15 is 0 Å². The summed E-state index contributed by atoms with van der Waals surface area (Å²) in [7, 11) is 0. The lowest BCUT2D eigenvalue weighted by Crippen LogP contribution is -2.08. The minimum Gasteiger partial charge on any atom is -0.313 e. The maximum absolute atomic E-state index is 5.37. The van der Waals surface area contributed by atoms with Gasteiger partial charge in [-0.3, -0.25) is 0 Å². The fourth-order valence-electron chi connectivity index (χ4n) is 9.36. The van der Waals surface area contributed by atoms with Gasteiger partial charge in [-0.25, -0.2) is 9.97 Å². The van der Waals surface area contributed by atoms with Gasteiger partial charge in [0.1, 0.15) is 0 Å². The average molecular weight is 703 g/mol. The highest BCUT2D eigenvalue weighted by atomic mass is 15.0. The van der Waals surface area contributed by atoms with E-state index < -0.39 is 0 Å². The molecule has 0 aliphatic heterocycles. The van der Waals surface area contributed by atoms with Crippen molar-refractivity contribution in [3.63, 3.8) is 0 Å². The summed E-state index contributed by atoms with van der Waals surface area (Å²) < 4.78 is 5.21. The van der Waals surface area contributed by atoms with Crippen LogP contribution in [-0.4, -0.2) is 19.1 Å². The highest BCUT2D eigenvalue weighted by molar-refractivity contribution is 5.90. The van der Waals surface area contributed by atoms with Gasteiger partial charge < -0.3 is 9.13 Å². The number of rotatable bonds is 5. The van der Waals surface area contributed by atoms with Gasteiger partial charge in [-0.15, -0.1) is 0 Å². The lowest BCUT2D eigenvalue weighted by molar-refractivity contribution is 0.608. The van der Waals surface area contributed by atoms with Crippen molar-refractivity contribution in [1.82, 2.24) is 19.1 Å². The first kappa shape index (κ1) is 32.9. The van der Waals surface area contributed by atoms with E-state index in [1.807, 2.05) is 0 Å². The van der Waals surface area contributed by atoms with Crippen LogP contribution in [0.4, 0.5) is 0 Å². The van der Waals surface area contributed by atoms with Crippen molar-refractivity contribution in [2.75, 3.05) is 0 Å². The van der Waals surface area contributed by atoms with Crippen LogP contribution in [0.25, 0.3) is 67.1 Å². The lowest BCUT2D eigenvalue weighted by atomic mass is 9.96. The number of nitrogens with zero attached hydrogens (tertiary/aromatic N) is 4. The maximum atomic E-state index is 5.37. The van der Waals surface area contributed by atoms with Crippen molar-refractivity contribution in [2.24, 2.45) is 0 Å². The van der Waals surface area contributed by atoms with Gasteiger partial charge in [0, 0.05) is 50.2 Å². The van der Waals surface area contributed by atoms with E-state index in [1.165, 1.54) is 107 Å². The third-order valence-electron chi connectivity index (χ3n) is 11.9. The molecule has 0 unspecified atom stereocenters. The van der Waals surface area contributed by atoms with E-state index in [-0.39, 0.29) is 0 Å². The molecule has 0 N–H and O–H groups in total. The lowest BCUT2D eigenvalue weighted by Gasteiger charge is -2.20. The number of aromatic nitrogens is 4. The second kappa shape index (κ2) is 14.2. The molecule has 5 aromatic carbocycles. The molecule has 8 aromatic rings. The van der Waals surface area contributed by atoms with Crippen molar-refractivity contribution in [3.05, 3.63) is 156 Å². The molecule has 0 atom stereocenters. The molecule has 3 heterocycles. The van der Waals surface area contributed by atoms with E-state index in [0.29, 0.717) is 0 Å². The van der Waals surface area contributed by atoms with Gasteiger partial charge in [-0.2, -0.15) is 0 Å². The molecule has 0 bridgehead atoms. The highest BCUT2D eigenvalue weighted by Gasteiger charge is 2.24. The summed E-state index contributed by atoms with van der Waals surface area (Å²) in [6.45, 7) is 0. The van der Waals surface area contributed by atoms with Crippen molar-refractivity contribution in [3.8, 4) is 45.3 Å². The average Bonchev–Trinajstić information content (AvgIpc) is 3.68. The Hall–Kier alpha value is -5.74. The number of benzene rings is 5. The fraction of sp³-hybridized carbons (Fsp3) is 0.240. The first-order chi connectivity index (χ1) is 26.8. The summed E-state index contributed by atoms with van der Waals surface area (Å²) in [5, 5.41) is 2.80. The number of aryl methyl sites for hydroxylation is 2. The van der Waals surface area contributed by atoms with Crippen molar-refractivity contribution >= 4 is 21.8 Å². The first-order valence-electron chi connectivity index (χ1n) is 20.2. The van der Waals surface area contributed by atoms with Gasteiger partial charge in [-0.1, -0.05) is 123 Å². The van der Waals surface area contributed by atoms with Gasteiger partial charge in [-0.05, 0) is 98.9 Å². The van der Waals surface area contributed by atoms with Gasteiger partial charge >= 0.3 is 0 Å². The Morgan fingerprint density at radius 3 is 1.35 bits per heavy atom. The second-order valence-corrected chi connectivity index (χ2v) is 15.3. The summed E-state index contributed by atoms with van der Waals surface area (Å²) in [5.41, 5.74) is 16.1. The van der Waals surface area contributed by atoms with Crippen LogP contribution in [-0.2, 0) is 25.7 Å². The van der Waals surface area contributed by atoms with Crippen LogP contribution in [0.3, 0.4) is 0 Å². The van der Waals surface area contributed by atoms with Gasteiger partial charge in [0.25, 0.3) is 0 Å². The Morgan fingerprint density at radius 1 is 0.370 bits per heavy atom. The summed E-state index contributed by atoms with van der Waals surface area (Å²) >= 11 is 0. The predicted octanol–water partition coefficient (Wildman–Crippen LogP) is 12.7. The van der Waals surface area contributed by atoms with E-state index in [0.717, 1.165) is 59.6 Å². The van der Waals surface area contributed by atoms with E-state index in [2.05, 4.69) is 143 Å². The minimum atomic E-state index is 0.743. The Labute approximate surface area is 318 Å². The Morgan fingerprint density at radius 2 is 0.815 bits per heavy atom. The van der Waals surface area contributed by atoms with E-state index in [9.17, 15) is 0 Å². The van der Waals surface area contributed by atoms with Crippen LogP contribution in [0.1, 0.15) is 73.9 Å². The minimum absolute atomic E-state index is 0.743. The topological polar surface area (TPSA) is 35.6 Å². The Bertz CT molecular complexity index is 2440. The Kier molecular flexibility index (Phi) is 8.67. The number of fused-ring (bicyclic) bond motifs is 6. The molecule has 0 amide bonds. The molecule has 4 heteroatoms. The smallest absolute Gasteiger partial charge is 0.160 e. The molecule has 54 heavy (non-hydrogen) atoms. The zero-order chi connectivity index (χ0) is 35.8. The van der Waals surface area contributed by atoms with E-state index in [4.69, 9.17) is 9.97 Å². The highest BCUT2D eigenvalue weighted by Crippen LogP contribution is 2.39. The molecule has 10 rings (SSSR count). The maximum Gasteiger partial charge on any atom is 0.160 e. The molecule has 4 nitrogen and oxygen atoms in total. The van der Waals surface area contributed by atoms with E-state index in [1.54, 1.807) is 0 Å². The SMILES string of the molecule is c1ccc(-c2cc(-c3cc(-n4c5c(c6ccccc64)CCCCCC5)cc(-n4c5c(c6ccccc64)CCCCCC5)c3)nc(-c3ccccc3)n2)cc1. The zero-order valence-corrected chi connectivity index (χ0v) is 31.0. The number of hydrogen-bond acceptors (Lipinski definition) is 2. The van der Waals surface area contributed by atoms with Crippen LogP contribution in [0.2, 0.25) is 0 Å². The first-order valence-corrected chi connectivity index (χ1v) is 20.2. The molecular formula is C50H46N4. The number of hydrogen-bond donors (Lipinski definition) is 0. The van der Waals surface area contributed by atoms with Gasteiger partial charge in [0.15, 0.2) is 5.82 Å². The zero-order valence-electron chi connectivity index (χ0n) is 31.0. The molecule has 3 aromatic heterocycles. The monoisotopic (exact) mass is 702 g/mol. The van der Waals surface area contributed by atoms with Crippen LogP contribution in [0.15, 0.2) is 133 Å². The van der Waals surface area contributed by atoms with Crippen LogP contribution < -0.4 is 0 Å². The summed E-state index contributed by atoms with van der Waals surface area (Å²) in [4.78, 5) is 10.5. The third-order valence-corrected chi connectivity index (χ3v) is 11.9. The van der Waals surface area contributed by atoms with Crippen LogP contribution in [0, 0.1) is 0 Å². The fourth-order valence-corrected chi connectivity index (χ4v) is 9.36. The standard InChI is InChI=1S/C50H46N4/c1-3-13-27-46-40(23-11-1)42-25-15-17-29-48(42)53(46)38-31-37(45-34-44(35-19-7-5-8-20-35)51-50(52-45)36-21-9-6-10-22-36)32-39(33-38)54-47-28-14-4-2-12-24-41(47)43-26-16-18-30-49(43)54/h5-10,15-22,25-26,29-34H,1-4,11-14,23-24,27-28H2. The van der Waals surface area contributed by atoms with Crippen molar-refractivity contribution < 1.29 is 0 Å². The van der Waals surface area contributed by atoms with Crippen LogP contribution in [0.5, 0.6) is 0 Å². The quantitative estimate of drug-likeness (QED) is 0.179. The molecular weight excluding hydrogens is 657 g/mol. The van der Waals surface area contributed by atoms with Gasteiger partial charge in [0.2, 0.25) is 0 Å². The summed E-state index contributed by atoms with van der Waals surface area (Å²) in [5.74, 6) is 0.743. The molecule has 0 fully saturated rings. The van der Waals surface area contributed by atoms with Crippen molar-refractivity contribution in [1.29, 1.82) is 0 Å². The molecule has 0 radical (unpaired) electrons. The molecule has 2 aliphatic rings. The summed E-state index contributed by atoms with van der Waals surface area (Å²) in [6.07, 6.45) is 14.6. The number of para-hydroxylation sites is 2. The summed E-state index contributed by atoms with van der Waals surface area (Å²) in [6, 6.07) is 48.7. The second-order valence-electron chi connectivity index (χ2n) is 15.3. The molecule has 2 aliphatic carbocycles. The third kappa shape index (κ3) is 5.94. The van der Waals surface area contributed by atoms with Crippen molar-refractivity contribution in [2.45, 2.75) is 77.0 Å². The normalized spacial score (nSPS) is 14.9. The molecule has 266 valence electrons. The van der Waals surface area contributed by atoms with Crippen LogP contribution >= 0.6 is 0 Å². The molecule has 0 spiro atoms. The van der Waals surface area contributed by atoms with Gasteiger partial charge in [0.05, 0.1) is 22.4 Å². The Balaban J connectivity index is 1.28.